The number of benzene rings is 2. The summed E-state index contributed by atoms with van der Waals surface area (Å²) in [5.74, 6) is -0.441. The Bertz CT molecular complexity index is 889. The van der Waals surface area contributed by atoms with E-state index in [2.05, 4.69) is 5.32 Å². The average Bonchev–Trinajstić information content (AvgIpc) is 2.66. The van der Waals surface area contributed by atoms with E-state index in [-0.39, 0.29) is 23.0 Å². The number of nitro groups is 1. The van der Waals surface area contributed by atoms with Gasteiger partial charge in [-0.3, -0.25) is 19.7 Å². The Hall–Kier alpha value is -3.33. The van der Waals surface area contributed by atoms with E-state index in [0.717, 1.165) is 11.0 Å². The molecule has 28 heavy (non-hydrogen) atoms. The molecule has 9 nitrogen and oxygen atoms in total. The van der Waals surface area contributed by atoms with E-state index in [9.17, 15) is 19.7 Å². The van der Waals surface area contributed by atoms with Crippen molar-refractivity contribution in [1.82, 2.24) is 4.90 Å². The molecule has 0 aliphatic heterocycles. The van der Waals surface area contributed by atoms with Crippen LogP contribution in [-0.4, -0.2) is 48.9 Å². The van der Waals surface area contributed by atoms with Gasteiger partial charge in [-0.25, -0.2) is 0 Å². The quantitative estimate of drug-likeness (QED) is 0.532. The number of hydrogen-bond donors (Lipinski definition) is 1. The lowest BCUT2D eigenvalue weighted by Crippen LogP contribution is -2.37. The lowest BCUT2D eigenvalue weighted by molar-refractivity contribution is -0.385. The largest absolute Gasteiger partial charge is 0.497 e. The van der Waals surface area contributed by atoms with E-state index in [0.29, 0.717) is 11.4 Å². The molecule has 2 amide bonds. The van der Waals surface area contributed by atoms with E-state index < -0.39 is 23.3 Å². The molecule has 0 aliphatic carbocycles. The van der Waals surface area contributed by atoms with E-state index in [4.69, 9.17) is 21.1 Å². The lowest BCUT2D eigenvalue weighted by Gasteiger charge is -2.17. The summed E-state index contributed by atoms with van der Waals surface area (Å²) in [5.41, 5.74) is 0.178. The van der Waals surface area contributed by atoms with Crippen LogP contribution in [0.3, 0.4) is 0 Å². The van der Waals surface area contributed by atoms with Gasteiger partial charge in [-0.2, -0.15) is 0 Å². The molecule has 0 spiro atoms. The number of methoxy groups -OCH3 is 1. The van der Waals surface area contributed by atoms with Crippen molar-refractivity contribution in [2.45, 2.75) is 0 Å². The van der Waals surface area contributed by atoms with E-state index in [1.807, 2.05) is 0 Å². The molecular formula is C18H18ClN3O6. The second-order valence-corrected chi connectivity index (χ2v) is 6.12. The van der Waals surface area contributed by atoms with Crippen molar-refractivity contribution in [3.63, 3.8) is 0 Å². The first-order valence-corrected chi connectivity index (χ1v) is 8.42. The van der Waals surface area contributed by atoms with Crippen molar-refractivity contribution in [3.05, 3.63) is 57.6 Å². The zero-order valence-electron chi connectivity index (χ0n) is 15.2. The van der Waals surface area contributed by atoms with E-state index in [1.54, 1.807) is 24.3 Å². The number of nitrogens with zero attached hydrogens (tertiary/aromatic N) is 2. The molecule has 0 fully saturated rings. The third-order valence-electron chi connectivity index (χ3n) is 3.63. The van der Waals surface area contributed by atoms with Crippen LogP contribution in [0.5, 0.6) is 11.5 Å². The molecule has 10 heteroatoms. The third-order valence-corrected chi connectivity index (χ3v) is 3.86. The maximum absolute atomic E-state index is 12.2. The lowest BCUT2D eigenvalue weighted by atomic mass is 10.3. The van der Waals surface area contributed by atoms with E-state index in [1.165, 1.54) is 26.3 Å². The molecule has 0 heterocycles. The van der Waals surface area contributed by atoms with Gasteiger partial charge in [0.15, 0.2) is 12.4 Å². The number of rotatable bonds is 8. The number of hydrogen-bond acceptors (Lipinski definition) is 6. The number of ether oxygens (including phenoxy) is 2. The highest BCUT2D eigenvalue weighted by atomic mass is 35.5. The Labute approximate surface area is 165 Å². The number of carbonyl (C=O) groups excluding carboxylic acids is 2. The maximum Gasteiger partial charge on any atom is 0.312 e. The van der Waals surface area contributed by atoms with Crippen LogP contribution in [0.25, 0.3) is 0 Å². The van der Waals surface area contributed by atoms with Crippen molar-refractivity contribution < 1.29 is 24.0 Å². The van der Waals surface area contributed by atoms with Crippen molar-refractivity contribution in [2.75, 3.05) is 32.6 Å². The SMILES string of the molecule is COc1cccc(NC(=O)CN(C)C(=O)COc2ccc(Cl)cc2[N+](=O)[O-])c1. The molecule has 1 N–H and O–H groups in total. The van der Waals surface area contributed by atoms with Crippen molar-refractivity contribution in [3.8, 4) is 11.5 Å². The molecule has 0 atom stereocenters. The fourth-order valence-electron chi connectivity index (χ4n) is 2.21. The van der Waals surface area contributed by atoms with Gasteiger partial charge in [-0.1, -0.05) is 17.7 Å². The van der Waals surface area contributed by atoms with Gasteiger partial charge in [-0.05, 0) is 24.3 Å². The minimum atomic E-state index is -0.656. The van der Waals surface area contributed by atoms with Gasteiger partial charge in [0.05, 0.1) is 18.6 Å². The van der Waals surface area contributed by atoms with Gasteiger partial charge in [0.1, 0.15) is 5.75 Å². The van der Waals surface area contributed by atoms with Gasteiger partial charge >= 0.3 is 5.69 Å². The van der Waals surface area contributed by atoms with Gasteiger partial charge in [0, 0.05) is 29.9 Å². The first-order valence-electron chi connectivity index (χ1n) is 8.04. The summed E-state index contributed by atoms with van der Waals surface area (Å²) in [6.45, 7) is -0.687. The molecule has 0 saturated carbocycles. The normalized spacial score (nSPS) is 10.1. The number of likely N-dealkylation sites (N-methyl/N-ethyl adjacent to an activating group) is 1. The molecular weight excluding hydrogens is 390 g/mol. The molecule has 0 saturated heterocycles. The number of halogens is 1. The summed E-state index contributed by atoms with van der Waals surface area (Å²) in [6, 6.07) is 10.6. The van der Waals surface area contributed by atoms with Gasteiger partial charge in [0.25, 0.3) is 5.91 Å². The molecule has 0 unspecified atom stereocenters. The highest BCUT2D eigenvalue weighted by Gasteiger charge is 2.19. The standard InChI is InChI=1S/C18H18ClN3O6/c1-21(10-17(23)20-13-4-3-5-14(9-13)27-2)18(24)11-28-16-7-6-12(19)8-15(16)22(25)26/h3-9H,10-11H2,1-2H3,(H,20,23). The Kier molecular flexibility index (Phi) is 7.16. The van der Waals surface area contributed by atoms with Crippen molar-refractivity contribution in [2.24, 2.45) is 0 Å². The number of nitrogens with one attached hydrogen (secondary N) is 1. The summed E-state index contributed by atoms with van der Waals surface area (Å²) in [4.78, 5) is 35.8. The monoisotopic (exact) mass is 407 g/mol. The Morgan fingerprint density at radius 2 is 2.00 bits per heavy atom. The van der Waals surface area contributed by atoms with Crippen molar-refractivity contribution in [1.29, 1.82) is 0 Å². The number of amides is 2. The molecule has 0 aliphatic rings. The summed E-state index contributed by atoms with van der Waals surface area (Å²) in [6.07, 6.45) is 0. The average molecular weight is 408 g/mol. The Morgan fingerprint density at radius 1 is 1.25 bits per heavy atom. The zero-order chi connectivity index (χ0) is 20.7. The number of carbonyl (C=O) groups is 2. The van der Waals surface area contributed by atoms with Crippen LogP contribution in [0.15, 0.2) is 42.5 Å². The molecule has 0 bridgehead atoms. The van der Waals surface area contributed by atoms with Crippen LogP contribution >= 0.6 is 11.6 Å². The second-order valence-electron chi connectivity index (χ2n) is 5.69. The Morgan fingerprint density at radius 3 is 2.68 bits per heavy atom. The van der Waals surface area contributed by atoms with Gasteiger partial charge in [-0.15, -0.1) is 0 Å². The van der Waals surface area contributed by atoms with Crippen LogP contribution in [-0.2, 0) is 9.59 Å². The molecule has 148 valence electrons. The van der Waals surface area contributed by atoms with E-state index >= 15 is 0 Å². The summed E-state index contributed by atoms with van der Waals surface area (Å²) >= 11 is 5.73. The van der Waals surface area contributed by atoms with Crippen LogP contribution < -0.4 is 14.8 Å². The summed E-state index contributed by atoms with van der Waals surface area (Å²) < 4.78 is 10.3. The van der Waals surface area contributed by atoms with Crippen molar-refractivity contribution >= 4 is 34.8 Å². The topological polar surface area (TPSA) is 111 Å². The Balaban J connectivity index is 1.90. The first kappa shape index (κ1) is 21.0. The molecule has 2 aromatic rings. The van der Waals surface area contributed by atoms with Crippen LogP contribution in [0.1, 0.15) is 0 Å². The zero-order valence-corrected chi connectivity index (χ0v) is 15.9. The molecule has 2 rings (SSSR count). The van der Waals surface area contributed by atoms with Gasteiger partial charge in [0.2, 0.25) is 5.91 Å². The number of nitro benzene ring substituents is 1. The minimum absolute atomic E-state index is 0.0861. The van der Waals surface area contributed by atoms with Gasteiger partial charge < -0.3 is 19.7 Å². The van der Waals surface area contributed by atoms with Crippen LogP contribution in [0.2, 0.25) is 5.02 Å². The minimum Gasteiger partial charge on any atom is -0.497 e. The fraction of sp³-hybridized carbons (Fsp3) is 0.222. The predicted molar refractivity (Wildman–Crippen MR) is 103 cm³/mol. The smallest absolute Gasteiger partial charge is 0.312 e. The maximum atomic E-state index is 12.2. The summed E-state index contributed by atoms with van der Waals surface area (Å²) in [5, 5.41) is 13.9. The third kappa shape index (κ3) is 5.85. The fourth-order valence-corrected chi connectivity index (χ4v) is 2.38. The molecule has 2 aromatic carbocycles. The molecule has 0 aromatic heterocycles. The predicted octanol–water partition coefficient (Wildman–Crippen LogP) is 2.73. The van der Waals surface area contributed by atoms with Crippen LogP contribution in [0, 0.1) is 10.1 Å². The van der Waals surface area contributed by atoms with Crippen LogP contribution in [0.4, 0.5) is 11.4 Å². The first-order chi connectivity index (χ1) is 13.3. The molecule has 0 radical (unpaired) electrons. The highest BCUT2D eigenvalue weighted by Crippen LogP contribution is 2.29. The highest BCUT2D eigenvalue weighted by molar-refractivity contribution is 6.30. The second kappa shape index (κ2) is 9.56. The number of anilines is 1. The summed E-state index contributed by atoms with van der Waals surface area (Å²) in [7, 11) is 2.94.